The maximum Gasteiger partial charge on any atom is 0.107 e. The van der Waals surface area contributed by atoms with Crippen LogP contribution in [0.25, 0.3) is 0 Å². The molecular formula is C16H22Cl4. The van der Waals surface area contributed by atoms with Crippen LogP contribution in [-0.2, 0) is 12.8 Å². The number of hydrogen-bond acceptors (Lipinski definition) is 0. The van der Waals surface area contributed by atoms with Gasteiger partial charge in [0.05, 0.1) is 0 Å². The van der Waals surface area contributed by atoms with Gasteiger partial charge in [0, 0.05) is 0 Å². The van der Waals surface area contributed by atoms with Crippen LogP contribution in [-0.4, -0.2) is 9.67 Å². The molecule has 0 fully saturated rings. The molecule has 0 spiro atoms. The molecule has 0 unspecified atom stereocenters. The van der Waals surface area contributed by atoms with Gasteiger partial charge in [0.25, 0.3) is 0 Å². The topological polar surface area (TPSA) is 0 Å². The van der Waals surface area contributed by atoms with Crippen LogP contribution in [0.5, 0.6) is 0 Å². The Morgan fingerprint density at radius 2 is 0.950 bits per heavy atom. The zero-order valence-corrected chi connectivity index (χ0v) is 14.7. The monoisotopic (exact) mass is 354 g/mol. The summed E-state index contributed by atoms with van der Waals surface area (Å²) in [6.45, 7) is 0. The summed E-state index contributed by atoms with van der Waals surface area (Å²) >= 11 is 22.8. The zero-order chi connectivity index (χ0) is 14.8. The van der Waals surface area contributed by atoms with Crippen molar-refractivity contribution in [1.82, 2.24) is 0 Å². The number of rotatable bonds is 10. The summed E-state index contributed by atoms with van der Waals surface area (Å²) in [7, 11) is 0. The van der Waals surface area contributed by atoms with Crippen LogP contribution in [0.2, 0.25) is 0 Å². The quantitative estimate of drug-likeness (QED) is 0.322. The lowest BCUT2D eigenvalue weighted by atomic mass is 10.0. The molecule has 1 aromatic carbocycles. The molecule has 0 saturated carbocycles. The van der Waals surface area contributed by atoms with E-state index in [0.717, 1.165) is 51.4 Å². The van der Waals surface area contributed by atoms with Gasteiger partial charge in [0.15, 0.2) is 0 Å². The average Bonchev–Trinajstić information content (AvgIpc) is 2.41. The highest BCUT2D eigenvalue weighted by atomic mass is 35.5. The fourth-order valence-corrected chi connectivity index (χ4v) is 2.75. The minimum atomic E-state index is -0.224. The number of halogens is 4. The summed E-state index contributed by atoms with van der Waals surface area (Å²) in [5.74, 6) is 0. The number of hydrogen-bond donors (Lipinski definition) is 0. The average molecular weight is 356 g/mol. The van der Waals surface area contributed by atoms with E-state index in [2.05, 4.69) is 24.3 Å². The van der Waals surface area contributed by atoms with Crippen LogP contribution < -0.4 is 0 Å². The van der Waals surface area contributed by atoms with Gasteiger partial charge in [-0.05, 0) is 49.7 Å². The van der Waals surface area contributed by atoms with Crippen molar-refractivity contribution in [2.45, 2.75) is 61.0 Å². The summed E-state index contributed by atoms with van der Waals surface area (Å²) < 4.78 is 0. The van der Waals surface area contributed by atoms with Gasteiger partial charge >= 0.3 is 0 Å². The summed E-state index contributed by atoms with van der Waals surface area (Å²) in [5.41, 5.74) is 2.77. The Hall–Kier alpha value is 0.380. The van der Waals surface area contributed by atoms with Gasteiger partial charge in [-0.15, -0.1) is 46.4 Å². The fraction of sp³-hybridized carbons (Fsp3) is 0.625. The fourth-order valence-electron chi connectivity index (χ4n) is 2.13. The summed E-state index contributed by atoms with van der Waals surface area (Å²) in [4.78, 5) is -0.448. The summed E-state index contributed by atoms with van der Waals surface area (Å²) in [5, 5.41) is 0. The predicted molar refractivity (Wildman–Crippen MR) is 92.5 cm³/mol. The maximum absolute atomic E-state index is 5.71. The van der Waals surface area contributed by atoms with E-state index in [1.54, 1.807) is 0 Å². The highest BCUT2D eigenvalue weighted by Crippen LogP contribution is 2.16. The third kappa shape index (κ3) is 9.34. The third-order valence-electron chi connectivity index (χ3n) is 3.30. The molecule has 1 rings (SSSR count). The molecular weight excluding hydrogens is 334 g/mol. The van der Waals surface area contributed by atoms with Crippen LogP contribution >= 0.6 is 46.4 Å². The molecule has 0 nitrogen and oxygen atoms in total. The van der Waals surface area contributed by atoms with E-state index in [1.165, 1.54) is 11.1 Å². The molecule has 0 aromatic heterocycles. The van der Waals surface area contributed by atoms with E-state index in [0.29, 0.717) is 0 Å². The van der Waals surface area contributed by atoms with Gasteiger partial charge in [-0.2, -0.15) is 0 Å². The Labute approximate surface area is 142 Å². The first-order valence-electron chi connectivity index (χ1n) is 7.22. The maximum atomic E-state index is 5.71. The number of unbranched alkanes of at least 4 members (excludes halogenated alkanes) is 2. The van der Waals surface area contributed by atoms with E-state index in [-0.39, 0.29) is 9.67 Å². The molecule has 0 aliphatic rings. The third-order valence-corrected chi connectivity index (χ3v) is 4.17. The zero-order valence-electron chi connectivity index (χ0n) is 11.6. The van der Waals surface area contributed by atoms with Crippen molar-refractivity contribution >= 4 is 46.4 Å². The van der Waals surface area contributed by atoms with Gasteiger partial charge in [0.1, 0.15) is 9.67 Å². The van der Waals surface area contributed by atoms with E-state index < -0.39 is 0 Å². The SMILES string of the molecule is ClC(Cl)CCCCc1ccc(CCCCC(Cl)Cl)cc1. The van der Waals surface area contributed by atoms with E-state index in [1.807, 2.05) is 0 Å². The van der Waals surface area contributed by atoms with Crippen LogP contribution in [0.1, 0.15) is 49.7 Å². The highest BCUT2D eigenvalue weighted by Gasteiger charge is 2.01. The largest absolute Gasteiger partial charge is 0.107 e. The van der Waals surface area contributed by atoms with Crippen molar-refractivity contribution in [3.05, 3.63) is 35.4 Å². The molecule has 0 saturated heterocycles. The predicted octanol–water partition coefficient (Wildman–Crippen LogP) is 6.72. The molecule has 1 aromatic rings. The molecule has 0 amide bonds. The van der Waals surface area contributed by atoms with Gasteiger partial charge < -0.3 is 0 Å². The Bertz CT molecular complexity index is 311. The normalized spacial score (nSPS) is 11.5. The highest BCUT2D eigenvalue weighted by molar-refractivity contribution is 6.44. The van der Waals surface area contributed by atoms with Crippen molar-refractivity contribution < 1.29 is 0 Å². The molecule has 0 aliphatic heterocycles. The van der Waals surface area contributed by atoms with Crippen molar-refractivity contribution in [2.75, 3.05) is 0 Å². The van der Waals surface area contributed by atoms with E-state index in [9.17, 15) is 0 Å². The van der Waals surface area contributed by atoms with Crippen molar-refractivity contribution in [1.29, 1.82) is 0 Å². The summed E-state index contributed by atoms with van der Waals surface area (Å²) in [6, 6.07) is 8.89. The lowest BCUT2D eigenvalue weighted by molar-refractivity contribution is 0.702. The van der Waals surface area contributed by atoms with Crippen molar-refractivity contribution in [2.24, 2.45) is 0 Å². The molecule has 0 heterocycles. The number of benzene rings is 1. The minimum Gasteiger partial charge on any atom is -0.105 e. The van der Waals surface area contributed by atoms with E-state index >= 15 is 0 Å². The Morgan fingerprint density at radius 1 is 0.600 bits per heavy atom. The van der Waals surface area contributed by atoms with Crippen molar-refractivity contribution in [3.63, 3.8) is 0 Å². The van der Waals surface area contributed by atoms with Crippen molar-refractivity contribution in [3.8, 4) is 0 Å². The van der Waals surface area contributed by atoms with Crippen LogP contribution in [0, 0.1) is 0 Å². The van der Waals surface area contributed by atoms with Crippen LogP contribution in [0.15, 0.2) is 24.3 Å². The van der Waals surface area contributed by atoms with Gasteiger partial charge in [-0.1, -0.05) is 37.1 Å². The lowest BCUT2D eigenvalue weighted by Gasteiger charge is -2.05. The number of alkyl halides is 4. The number of aryl methyl sites for hydroxylation is 2. The first-order chi connectivity index (χ1) is 9.58. The molecule has 0 bridgehead atoms. The standard InChI is InChI=1S/C16H22Cl4/c17-15(18)7-3-1-5-13-9-11-14(12-10-13)6-2-4-8-16(19)20/h9-12,15-16H,1-8H2. The smallest absolute Gasteiger partial charge is 0.105 e. The minimum absolute atomic E-state index is 0.224. The summed E-state index contributed by atoms with van der Waals surface area (Å²) in [6.07, 6.45) is 8.40. The molecule has 114 valence electrons. The molecule has 0 radical (unpaired) electrons. The first kappa shape index (κ1) is 18.4. The Balaban J connectivity index is 2.19. The van der Waals surface area contributed by atoms with Gasteiger partial charge in [-0.25, -0.2) is 0 Å². The van der Waals surface area contributed by atoms with E-state index in [4.69, 9.17) is 46.4 Å². The molecule has 0 atom stereocenters. The molecule has 4 heteroatoms. The van der Waals surface area contributed by atoms with Crippen LogP contribution in [0.4, 0.5) is 0 Å². The molecule has 20 heavy (non-hydrogen) atoms. The Morgan fingerprint density at radius 3 is 1.25 bits per heavy atom. The van der Waals surface area contributed by atoms with Gasteiger partial charge in [0.2, 0.25) is 0 Å². The van der Waals surface area contributed by atoms with Crippen LogP contribution in [0.3, 0.4) is 0 Å². The van der Waals surface area contributed by atoms with Gasteiger partial charge in [-0.3, -0.25) is 0 Å². The lowest BCUT2D eigenvalue weighted by Crippen LogP contribution is -1.92. The molecule has 0 N–H and O–H groups in total. The second-order valence-electron chi connectivity index (χ2n) is 5.09. The molecule has 0 aliphatic carbocycles. The Kier molecular flexibility index (Phi) is 10.1. The second-order valence-corrected chi connectivity index (χ2v) is 7.64. The second kappa shape index (κ2) is 11.0. The first-order valence-corrected chi connectivity index (χ1v) is 8.96.